The highest BCUT2D eigenvalue weighted by atomic mass is 16.5. The van der Waals surface area contributed by atoms with Crippen molar-refractivity contribution in [3.8, 4) is 5.88 Å². The van der Waals surface area contributed by atoms with Crippen molar-refractivity contribution in [2.24, 2.45) is 45.6 Å². The van der Waals surface area contributed by atoms with E-state index in [1.807, 2.05) is 54.7 Å². The van der Waals surface area contributed by atoms with Crippen LogP contribution in [0.15, 0.2) is 28.6 Å². The van der Waals surface area contributed by atoms with E-state index in [0.29, 0.717) is 6.42 Å². The van der Waals surface area contributed by atoms with Crippen LogP contribution in [0.5, 0.6) is 5.88 Å². The van der Waals surface area contributed by atoms with Gasteiger partial charge in [-0.05, 0) is 44.4 Å². The summed E-state index contributed by atoms with van der Waals surface area (Å²) >= 11 is 0. The lowest BCUT2D eigenvalue weighted by Crippen LogP contribution is -2.57. The highest BCUT2D eigenvalue weighted by molar-refractivity contribution is 6.17. The fourth-order valence-corrected chi connectivity index (χ4v) is 9.21. The quantitative estimate of drug-likeness (QED) is 0.325. The van der Waals surface area contributed by atoms with E-state index < -0.39 is 27.1 Å². The minimum absolute atomic E-state index is 0.00893. The fourth-order valence-electron chi connectivity index (χ4n) is 9.21. The first kappa shape index (κ1) is 33.3. The first-order valence-electron chi connectivity index (χ1n) is 17.1. The number of hydrogen-bond acceptors (Lipinski definition) is 6. The van der Waals surface area contributed by atoms with Gasteiger partial charge in [-0.3, -0.25) is 4.79 Å². The number of amides is 1. The molecule has 46 heavy (non-hydrogen) atoms. The molecule has 0 N–H and O–H groups in total. The third-order valence-electron chi connectivity index (χ3n) is 11.4. The predicted molar refractivity (Wildman–Crippen MR) is 178 cm³/mol. The second-order valence-corrected chi connectivity index (χ2v) is 14.7. The predicted octanol–water partition coefficient (Wildman–Crippen LogP) is 6.58. The second-order valence-electron chi connectivity index (χ2n) is 14.7. The van der Waals surface area contributed by atoms with Crippen LogP contribution < -0.4 is 4.74 Å². The lowest BCUT2D eigenvalue weighted by Gasteiger charge is -2.53. The van der Waals surface area contributed by atoms with Crippen LogP contribution in [0.3, 0.4) is 0 Å². The van der Waals surface area contributed by atoms with Gasteiger partial charge in [-0.15, -0.1) is 0 Å². The maximum absolute atomic E-state index is 12.6. The van der Waals surface area contributed by atoms with Crippen LogP contribution in [-0.4, -0.2) is 52.1 Å². The zero-order valence-corrected chi connectivity index (χ0v) is 29.5. The molecular weight excluding hydrogens is 580 g/mol. The van der Waals surface area contributed by atoms with Gasteiger partial charge in [0.05, 0.1) is 37.1 Å². The molecule has 1 unspecified atom stereocenters. The Hall–Kier alpha value is -4.05. The van der Waals surface area contributed by atoms with Gasteiger partial charge in [-0.2, -0.15) is 10.2 Å². The van der Waals surface area contributed by atoms with E-state index in [1.165, 1.54) is 19.8 Å². The molecular formula is C36H50N6O4. The third kappa shape index (κ3) is 4.59. The van der Waals surface area contributed by atoms with Crippen LogP contribution in [0.2, 0.25) is 0 Å². The lowest BCUT2D eigenvalue weighted by atomic mass is 9.48. The number of hydrogen-bond donors (Lipinski definition) is 0. The number of carbonyl (C=O) groups is 3. The molecule has 1 aromatic rings. The number of aromatic nitrogens is 2. The summed E-state index contributed by atoms with van der Waals surface area (Å²) in [6, 6.07) is 0. The van der Waals surface area contributed by atoms with E-state index in [2.05, 4.69) is 26.8 Å². The van der Waals surface area contributed by atoms with Gasteiger partial charge >= 0.3 is 0 Å². The topological polar surface area (TPSA) is 103 Å². The molecule has 1 amide bonds. The first-order valence-corrected chi connectivity index (χ1v) is 15.1. The van der Waals surface area contributed by atoms with Crippen LogP contribution in [0, 0.1) is 46.6 Å². The Labute approximate surface area is 277 Å². The molecule has 10 heteroatoms. The van der Waals surface area contributed by atoms with Gasteiger partial charge in [0, 0.05) is 44.1 Å². The number of Topliss-reactive ketones (excluding diaryl/α,β-unsaturated/α-hetero) is 2. The molecule has 1 aliphatic heterocycles. The number of fused-ring (bicyclic) bond motifs is 6. The Kier molecular flexibility index (Phi) is 8.21. The number of nitrogens with zero attached hydrogens (tertiary/aromatic N) is 6. The lowest BCUT2D eigenvalue weighted by molar-refractivity contribution is -0.136. The van der Waals surface area contributed by atoms with Crippen LogP contribution >= 0.6 is 0 Å². The Morgan fingerprint density at radius 1 is 0.891 bits per heavy atom. The van der Waals surface area contributed by atoms with Crippen molar-refractivity contribution in [1.29, 1.82) is 0 Å². The normalized spacial score (nSPS) is 33.2. The highest BCUT2D eigenvalue weighted by Crippen LogP contribution is 2.60. The van der Waals surface area contributed by atoms with Crippen molar-refractivity contribution in [2.75, 3.05) is 14.2 Å². The molecule has 5 atom stereocenters. The average molecular weight is 635 g/mol. The third-order valence-corrected chi connectivity index (χ3v) is 11.4. The number of ketones is 2. The van der Waals surface area contributed by atoms with E-state index in [0.717, 1.165) is 42.1 Å². The summed E-state index contributed by atoms with van der Waals surface area (Å²) in [4.78, 5) is 44.6. The van der Waals surface area contributed by atoms with Gasteiger partial charge in [0.15, 0.2) is 11.6 Å². The van der Waals surface area contributed by atoms with Gasteiger partial charge < -0.3 is 14.3 Å². The van der Waals surface area contributed by atoms with Crippen LogP contribution in [-0.2, 0) is 33.3 Å². The Bertz CT molecular complexity index is 1690. The Balaban J connectivity index is 0.000000236. The van der Waals surface area contributed by atoms with Crippen molar-refractivity contribution < 1.29 is 21.9 Å². The van der Waals surface area contributed by atoms with Gasteiger partial charge in [0.1, 0.15) is 0 Å². The van der Waals surface area contributed by atoms with E-state index in [-0.39, 0.29) is 40.7 Å². The maximum atomic E-state index is 12.6. The summed E-state index contributed by atoms with van der Waals surface area (Å²) in [6.45, 7) is 28.5. The molecule has 0 aromatic carbocycles. The van der Waals surface area contributed by atoms with Crippen molar-refractivity contribution in [3.63, 3.8) is 0 Å². The number of aryl methyl sites for hydroxylation is 1. The number of allylic oxidation sites excluding steroid dienone is 4. The summed E-state index contributed by atoms with van der Waals surface area (Å²) in [5.41, 5.74) is 0.580. The molecule has 1 aromatic heterocycles. The summed E-state index contributed by atoms with van der Waals surface area (Å²) in [6.07, 6.45) is 6.83. The fraction of sp³-hybridized carbons (Fsp3) is 0.639. The van der Waals surface area contributed by atoms with Gasteiger partial charge in [-0.1, -0.05) is 68.5 Å². The van der Waals surface area contributed by atoms with Crippen molar-refractivity contribution in [2.45, 2.75) is 94.4 Å². The number of methoxy groups -OCH3 is 1. The number of hydrazone groups is 1. The molecule has 2 heterocycles. The smallest absolute Gasteiger partial charge is 0.254 e. The molecule has 0 saturated heterocycles. The summed E-state index contributed by atoms with van der Waals surface area (Å²) in [5, 5.41) is 10.6. The second kappa shape index (κ2) is 11.3. The van der Waals surface area contributed by atoms with Crippen LogP contribution in [0.4, 0.5) is 0 Å². The SMILES string of the molecule is [3H]C.[3H]C.[C-]#[N+]C1=C[C@]2(C)C3=NN(C)C(=O)C3(C)CC[C@H]2C(C)(C)C1=O.[C-]#[N+]C1=C[C@]2(C)c3nn(C)c(OC)c3CC[C@H]2C(C)(C)C1=O. The van der Waals surface area contributed by atoms with Crippen molar-refractivity contribution >= 4 is 23.2 Å². The minimum atomic E-state index is -0.614. The van der Waals surface area contributed by atoms with E-state index >= 15 is 0 Å². The summed E-state index contributed by atoms with van der Waals surface area (Å²) < 4.78 is 18.7. The standard InChI is InChI=1S/2C17H21N3O2.2CH4/c1-15(2)11-7-8-16(3)13(19-20(6)14(16)22)17(11,4)9-10(18-5)12(15)21;1-16(2)12-8-7-10-13(19-20(5)15(10)22-6)17(12,3)9-11(18-4)14(16)21;;/h9,11H,7-8H2,1-4,6H3;9,12H,7-8H2,1-3,5-6H3;2*1H4/t11-,16?,17-;12-,17-;;/m00../s1/i;;2*1T. The first-order chi connectivity index (χ1) is 22.4. The number of carbonyl (C=O) groups excluding carboxylic acids is 3. The molecule has 248 valence electrons. The molecule has 10 nitrogen and oxygen atoms in total. The largest absolute Gasteiger partial charge is 0.481 e. The Morgan fingerprint density at radius 2 is 1.39 bits per heavy atom. The molecule has 0 bridgehead atoms. The summed E-state index contributed by atoms with van der Waals surface area (Å²) in [7, 11) is 7.70. The molecule has 1 saturated carbocycles. The maximum Gasteiger partial charge on any atom is 0.254 e. The van der Waals surface area contributed by atoms with Gasteiger partial charge in [0.2, 0.25) is 17.3 Å². The zero-order valence-electron chi connectivity index (χ0n) is 31.5. The van der Waals surface area contributed by atoms with Crippen molar-refractivity contribution in [1.82, 2.24) is 14.8 Å². The van der Waals surface area contributed by atoms with E-state index in [1.54, 1.807) is 24.9 Å². The van der Waals surface area contributed by atoms with Crippen LogP contribution in [0.1, 0.15) is 96.5 Å². The van der Waals surface area contributed by atoms with Gasteiger partial charge in [0.25, 0.3) is 5.91 Å². The Morgan fingerprint density at radius 3 is 1.89 bits per heavy atom. The molecule has 0 radical (unpaired) electrons. The van der Waals surface area contributed by atoms with E-state index in [9.17, 15) is 14.4 Å². The zero-order chi connectivity index (χ0) is 36.8. The average Bonchev–Trinajstić information content (AvgIpc) is 3.52. The molecule has 5 aliphatic rings. The minimum Gasteiger partial charge on any atom is -0.481 e. The highest BCUT2D eigenvalue weighted by Gasteiger charge is 2.63. The summed E-state index contributed by atoms with van der Waals surface area (Å²) in [5.74, 6) is 0.856. The number of ether oxygens (including phenoxy) is 1. The van der Waals surface area contributed by atoms with Gasteiger partial charge in [-0.25, -0.2) is 19.4 Å². The van der Waals surface area contributed by atoms with Crippen molar-refractivity contribution in [3.05, 3.63) is 57.6 Å². The molecule has 0 spiro atoms. The molecule has 1 fully saturated rings. The molecule has 6 rings (SSSR count). The van der Waals surface area contributed by atoms with E-state index in [4.69, 9.17) is 20.6 Å². The van der Waals surface area contributed by atoms with Crippen LogP contribution in [0.25, 0.3) is 9.69 Å². The monoisotopic (exact) mass is 634 g/mol. The number of rotatable bonds is 1. The molecule has 4 aliphatic carbocycles.